The Morgan fingerprint density at radius 1 is 1.16 bits per heavy atom. The van der Waals surface area contributed by atoms with E-state index in [9.17, 15) is 9.59 Å². The van der Waals surface area contributed by atoms with Crippen molar-refractivity contribution < 1.29 is 9.59 Å². The summed E-state index contributed by atoms with van der Waals surface area (Å²) in [5.41, 5.74) is 6.70. The summed E-state index contributed by atoms with van der Waals surface area (Å²) in [6.07, 6.45) is 5.07. The van der Waals surface area contributed by atoms with Crippen LogP contribution in [0.5, 0.6) is 0 Å². The van der Waals surface area contributed by atoms with Crippen LogP contribution in [0.1, 0.15) is 32.1 Å². The molecule has 5 nitrogen and oxygen atoms in total. The molecule has 2 unspecified atom stereocenters. The first-order valence-electron chi connectivity index (χ1n) is 8.72. The van der Waals surface area contributed by atoms with E-state index in [1.54, 1.807) is 18.2 Å². The number of carbonyl (C=O) groups is 2. The molecule has 0 heterocycles. The van der Waals surface area contributed by atoms with E-state index in [4.69, 9.17) is 28.9 Å². The summed E-state index contributed by atoms with van der Waals surface area (Å²) < 4.78 is 0. The van der Waals surface area contributed by atoms with Crippen molar-refractivity contribution >= 4 is 40.7 Å². The third-order valence-electron chi connectivity index (χ3n) is 5.41. The number of nitrogens with two attached hydrogens (primary N) is 1. The third-order valence-corrected chi connectivity index (χ3v) is 5.97. The van der Waals surface area contributed by atoms with Crippen molar-refractivity contribution in [2.24, 2.45) is 23.5 Å². The zero-order valence-electron chi connectivity index (χ0n) is 13.9. The van der Waals surface area contributed by atoms with E-state index in [1.165, 1.54) is 6.42 Å². The molecule has 0 saturated heterocycles. The lowest BCUT2D eigenvalue weighted by molar-refractivity contribution is -0.129. The normalized spacial score (nSPS) is 28.3. The van der Waals surface area contributed by atoms with Crippen LogP contribution in [-0.2, 0) is 9.59 Å². The van der Waals surface area contributed by atoms with Crippen molar-refractivity contribution in [1.82, 2.24) is 5.32 Å². The van der Waals surface area contributed by atoms with Gasteiger partial charge in [-0.2, -0.15) is 0 Å². The second kappa shape index (κ2) is 7.94. The summed E-state index contributed by atoms with van der Waals surface area (Å²) in [7, 11) is 0. The summed E-state index contributed by atoms with van der Waals surface area (Å²) >= 11 is 11.9. The number of anilines is 1. The van der Waals surface area contributed by atoms with Gasteiger partial charge in [0.1, 0.15) is 0 Å². The number of benzene rings is 1. The van der Waals surface area contributed by atoms with Crippen LogP contribution in [0.4, 0.5) is 5.69 Å². The first-order valence-corrected chi connectivity index (χ1v) is 9.48. The fourth-order valence-corrected chi connectivity index (χ4v) is 4.44. The number of amides is 2. The van der Waals surface area contributed by atoms with Crippen molar-refractivity contribution in [2.45, 2.75) is 38.1 Å². The highest BCUT2D eigenvalue weighted by Gasteiger charge is 2.40. The Labute approximate surface area is 157 Å². The van der Waals surface area contributed by atoms with Gasteiger partial charge in [-0.25, -0.2) is 0 Å². The van der Waals surface area contributed by atoms with Gasteiger partial charge in [-0.1, -0.05) is 29.6 Å². The lowest BCUT2D eigenvalue weighted by Gasteiger charge is -2.43. The third kappa shape index (κ3) is 4.46. The molecule has 2 amide bonds. The minimum atomic E-state index is -0.328. The number of fused-ring (bicyclic) bond motifs is 2. The molecule has 0 radical (unpaired) electrons. The van der Waals surface area contributed by atoms with Crippen molar-refractivity contribution in [2.75, 3.05) is 11.9 Å². The molecule has 2 aliphatic rings. The predicted molar refractivity (Wildman–Crippen MR) is 99.6 cm³/mol. The van der Waals surface area contributed by atoms with Gasteiger partial charge in [0.05, 0.1) is 17.3 Å². The Morgan fingerprint density at radius 3 is 2.52 bits per heavy atom. The van der Waals surface area contributed by atoms with Crippen LogP contribution in [0.2, 0.25) is 10.0 Å². The maximum Gasteiger partial charge on any atom is 0.243 e. The van der Waals surface area contributed by atoms with Crippen LogP contribution in [0.15, 0.2) is 18.2 Å². The summed E-state index contributed by atoms with van der Waals surface area (Å²) in [5, 5.41) is 6.29. The van der Waals surface area contributed by atoms with Gasteiger partial charge in [-0.15, -0.1) is 0 Å². The van der Waals surface area contributed by atoms with Crippen LogP contribution >= 0.6 is 23.2 Å². The molecule has 0 aromatic heterocycles. The maximum absolute atomic E-state index is 12.4. The molecule has 1 aromatic rings. The minimum Gasteiger partial charge on any atom is -0.347 e. The van der Waals surface area contributed by atoms with Gasteiger partial charge in [0.15, 0.2) is 0 Å². The minimum absolute atomic E-state index is 0.0438. The molecule has 2 atom stereocenters. The molecule has 0 spiro atoms. The van der Waals surface area contributed by atoms with Crippen LogP contribution in [-0.4, -0.2) is 24.4 Å². The highest BCUT2D eigenvalue weighted by Crippen LogP contribution is 2.41. The van der Waals surface area contributed by atoms with Crippen LogP contribution < -0.4 is 16.4 Å². The van der Waals surface area contributed by atoms with Gasteiger partial charge >= 0.3 is 0 Å². The predicted octanol–water partition coefficient (Wildman–Crippen LogP) is 3.20. The monoisotopic (exact) mass is 383 g/mol. The molecule has 3 rings (SSSR count). The summed E-state index contributed by atoms with van der Waals surface area (Å²) in [6, 6.07) is 5.06. The molecule has 2 bridgehead atoms. The Kier molecular flexibility index (Phi) is 5.87. The fourth-order valence-electron chi connectivity index (χ4n) is 4.10. The van der Waals surface area contributed by atoms with E-state index >= 15 is 0 Å². The summed E-state index contributed by atoms with van der Waals surface area (Å²) in [6.45, 7) is -0.0838. The number of halogens is 2. The molecule has 4 N–H and O–H groups in total. The van der Waals surface area contributed by atoms with Crippen molar-refractivity contribution in [3.63, 3.8) is 0 Å². The Morgan fingerprint density at radius 2 is 1.84 bits per heavy atom. The smallest absolute Gasteiger partial charge is 0.243 e. The molecule has 25 heavy (non-hydrogen) atoms. The fraction of sp³-hybridized carbons (Fsp3) is 0.556. The zero-order chi connectivity index (χ0) is 18.0. The number of carbonyl (C=O) groups excluding carboxylic acids is 2. The van der Waals surface area contributed by atoms with Crippen LogP contribution in [0, 0.1) is 17.8 Å². The first kappa shape index (κ1) is 18.5. The number of nitrogens with one attached hydrogen (secondary N) is 2. The quantitative estimate of drug-likeness (QED) is 0.745. The van der Waals surface area contributed by atoms with Crippen molar-refractivity contribution in [3.8, 4) is 0 Å². The molecule has 2 aliphatic carbocycles. The number of hydrogen-bond donors (Lipinski definition) is 3. The standard InChI is InChI=1S/C18H23Cl2N3O2/c19-13-4-5-14(20)15(8-13)23-16(24)9-22-18(25)12-6-10-2-1-3-11(7-12)17(10)21/h4-5,8,10-12,17H,1-3,6-7,9,21H2,(H,22,25)(H,23,24). The van der Waals surface area contributed by atoms with Gasteiger partial charge in [0, 0.05) is 17.0 Å². The van der Waals surface area contributed by atoms with E-state index < -0.39 is 0 Å². The average Bonchev–Trinajstić information content (AvgIpc) is 2.56. The van der Waals surface area contributed by atoms with Crippen molar-refractivity contribution in [1.29, 1.82) is 0 Å². The van der Waals surface area contributed by atoms with Gasteiger partial charge < -0.3 is 16.4 Å². The molecule has 1 aromatic carbocycles. The van der Waals surface area contributed by atoms with Crippen LogP contribution in [0.3, 0.4) is 0 Å². The van der Waals surface area contributed by atoms with E-state index in [0.29, 0.717) is 27.6 Å². The largest absolute Gasteiger partial charge is 0.347 e. The Bertz CT molecular complexity index is 654. The van der Waals surface area contributed by atoms with Gasteiger partial charge in [-0.05, 0) is 55.7 Å². The van der Waals surface area contributed by atoms with Gasteiger partial charge in [0.25, 0.3) is 0 Å². The van der Waals surface area contributed by atoms with Gasteiger partial charge in [0.2, 0.25) is 11.8 Å². The van der Waals surface area contributed by atoms with E-state index in [-0.39, 0.29) is 30.3 Å². The molecular formula is C18H23Cl2N3O2. The van der Waals surface area contributed by atoms with Gasteiger partial charge in [-0.3, -0.25) is 9.59 Å². The zero-order valence-corrected chi connectivity index (χ0v) is 15.4. The van der Waals surface area contributed by atoms with E-state index in [0.717, 1.165) is 25.7 Å². The first-order chi connectivity index (χ1) is 11.9. The molecule has 0 aliphatic heterocycles. The van der Waals surface area contributed by atoms with E-state index in [2.05, 4.69) is 10.6 Å². The highest BCUT2D eigenvalue weighted by molar-refractivity contribution is 6.35. The SMILES string of the molecule is NC1C2CCCC1CC(C(=O)NCC(=O)Nc1cc(Cl)ccc1Cl)C2. The maximum atomic E-state index is 12.4. The second-order valence-corrected chi connectivity index (χ2v) is 7.93. The lowest BCUT2D eigenvalue weighted by atomic mass is 9.65. The number of rotatable bonds is 4. The molecule has 2 fully saturated rings. The Hall–Kier alpha value is -1.30. The molecule has 2 saturated carbocycles. The highest BCUT2D eigenvalue weighted by atomic mass is 35.5. The lowest BCUT2D eigenvalue weighted by Crippen LogP contribution is -2.49. The average molecular weight is 384 g/mol. The van der Waals surface area contributed by atoms with E-state index in [1.807, 2.05) is 0 Å². The van der Waals surface area contributed by atoms with Crippen LogP contribution in [0.25, 0.3) is 0 Å². The number of hydrogen-bond acceptors (Lipinski definition) is 3. The summed E-state index contributed by atoms with van der Waals surface area (Å²) in [4.78, 5) is 24.5. The summed E-state index contributed by atoms with van der Waals surface area (Å²) in [5.74, 6) is 0.434. The Balaban J connectivity index is 1.50. The molecule has 136 valence electrons. The molecular weight excluding hydrogens is 361 g/mol. The topological polar surface area (TPSA) is 84.2 Å². The second-order valence-electron chi connectivity index (χ2n) is 7.09. The molecule has 7 heteroatoms. The van der Waals surface area contributed by atoms with Crippen molar-refractivity contribution in [3.05, 3.63) is 28.2 Å².